The SMILES string of the molecule is CC([NH-])C(=O)[OH2+].[Co+3].[NH-]CCN(CC[NH-])CC[NH-]. The van der Waals surface area contributed by atoms with Crippen LogP contribution in [0, 0.1) is 0 Å². The van der Waals surface area contributed by atoms with Crippen LogP contribution < -0.4 is 0 Å². The Morgan fingerprint density at radius 2 is 1.35 bits per heavy atom. The first-order valence-corrected chi connectivity index (χ1v) is 5.12. The summed E-state index contributed by atoms with van der Waals surface area (Å²) in [4.78, 5) is 11.6. The molecule has 0 rings (SSSR count). The van der Waals surface area contributed by atoms with Crippen LogP contribution in [0.3, 0.4) is 0 Å². The van der Waals surface area contributed by atoms with Gasteiger partial charge >= 0.3 is 22.7 Å². The zero-order chi connectivity index (χ0) is 13.0. The van der Waals surface area contributed by atoms with Crippen LogP contribution in [0.25, 0.3) is 22.9 Å². The maximum atomic E-state index is 9.62. The molecule has 0 saturated heterocycles. The van der Waals surface area contributed by atoms with Gasteiger partial charge in [-0.25, -0.2) is 0 Å². The molecule has 1 unspecified atom stereocenters. The van der Waals surface area contributed by atoms with Crippen molar-refractivity contribution >= 4 is 5.97 Å². The molecule has 0 fully saturated rings. The van der Waals surface area contributed by atoms with Crippen molar-refractivity contribution in [1.82, 2.24) is 4.90 Å². The zero-order valence-electron chi connectivity index (χ0n) is 10.0. The normalized spacial score (nSPS) is 11.2. The second kappa shape index (κ2) is 15.8. The average Bonchev–Trinajstić information content (AvgIpc) is 2.19. The van der Waals surface area contributed by atoms with Crippen LogP contribution in [0.15, 0.2) is 0 Å². The Balaban J connectivity index is -0.000000244. The van der Waals surface area contributed by atoms with Gasteiger partial charge in [-0.2, -0.15) is 0 Å². The molecule has 17 heavy (non-hydrogen) atoms. The van der Waals surface area contributed by atoms with Gasteiger partial charge in [0.25, 0.3) is 0 Å². The van der Waals surface area contributed by atoms with E-state index in [1.807, 2.05) is 4.90 Å². The van der Waals surface area contributed by atoms with E-state index >= 15 is 0 Å². The van der Waals surface area contributed by atoms with E-state index in [-0.39, 0.29) is 16.8 Å². The second-order valence-electron chi connectivity index (χ2n) is 3.18. The van der Waals surface area contributed by atoms with E-state index in [9.17, 15) is 4.79 Å². The molecule has 0 aromatic carbocycles. The van der Waals surface area contributed by atoms with Crippen molar-refractivity contribution < 1.29 is 26.7 Å². The summed E-state index contributed by atoms with van der Waals surface area (Å²) in [6, 6.07) is -0.870. The van der Waals surface area contributed by atoms with E-state index in [0.29, 0.717) is 39.3 Å². The molecule has 0 saturated carbocycles. The van der Waals surface area contributed by atoms with Gasteiger partial charge in [-0.15, -0.1) is 19.6 Å². The summed E-state index contributed by atoms with van der Waals surface area (Å²) in [7, 11) is 0. The summed E-state index contributed by atoms with van der Waals surface area (Å²) < 4.78 is 0. The Hall–Kier alpha value is -0.224. The third-order valence-electron chi connectivity index (χ3n) is 1.68. The van der Waals surface area contributed by atoms with E-state index in [1.165, 1.54) is 6.92 Å². The molecular weight excluding hydrogens is 269 g/mol. The minimum atomic E-state index is -0.870. The summed E-state index contributed by atoms with van der Waals surface area (Å²) in [5.41, 5.74) is 27.3. The molecule has 7 nitrogen and oxygen atoms in total. The van der Waals surface area contributed by atoms with E-state index in [2.05, 4.69) is 0 Å². The Morgan fingerprint density at radius 1 is 1.12 bits per heavy atom. The number of nitrogens with one attached hydrogen (secondary N) is 4. The first-order chi connectivity index (χ1) is 7.49. The summed E-state index contributed by atoms with van der Waals surface area (Å²) in [5.74, 6) is -0.824. The Bertz CT molecular complexity index is 157. The van der Waals surface area contributed by atoms with Gasteiger partial charge < -0.3 is 32.9 Å². The van der Waals surface area contributed by atoms with E-state index in [4.69, 9.17) is 28.0 Å². The predicted octanol–water partition coefficient (Wildman–Crippen LogP) is 1.12. The molecular formula is C9H22CoN5O2. The maximum Gasteiger partial charge on any atom is 3.00 e. The third kappa shape index (κ3) is 18.3. The van der Waals surface area contributed by atoms with Gasteiger partial charge in [0.15, 0.2) is 0 Å². The second-order valence-corrected chi connectivity index (χ2v) is 3.18. The van der Waals surface area contributed by atoms with Crippen molar-refractivity contribution in [3.63, 3.8) is 0 Å². The molecule has 0 aromatic rings. The molecule has 104 valence electrons. The standard InChI is InChI=1S/C6H15N4.C3H6NO2.Co/c7-1-4-10(5-2-8)6-3-9;1-2(4)3(5)6;/h7-9H,1-6H2;2,4H,1H3,(H,5,6);/q-3;-1;+3/p+1. The van der Waals surface area contributed by atoms with Gasteiger partial charge in [-0.05, 0) is 19.6 Å². The van der Waals surface area contributed by atoms with Crippen LogP contribution in [0.1, 0.15) is 6.92 Å². The van der Waals surface area contributed by atoms with Crippen molar-refractivity contribution in [3.05, 3.63) is 22.9 Å². The zero-order valence-corrected chi connectivity index (χ0v) is 11.0. The first-order valence-electron chi connectivity index (χ1n) is 5.12. The van der Waals surface area contributed by atoms with Gasteiger partial charge in [-0.1, -0.05) is 6.92 Å². The molecule has 0 aliphatic heterocycles. The number of carbonyl (C=O) groups excluding carboxylic acids is 1. The van der Waals surface area contributed by atoms with Crippen LogP contribution in [-0.4, -0.2) is 61.3 Å². The van der Waals surface area contributed by atoms with Crippen LogP contribution in [0.5, 0.6) is 0 Å². The molecule has 8 heteroatoms. The van der Waals surface area contributed by atoms with Crippen molar-refractivity contribution in [2.75, 3.05) is 39.3 Å². The molecule has 0 aliphatic rings. The van der Waals surface area contributed by atoms with Crippen molar-refractivity contribution in [2.45, 2.75) is 13.0 Å². The predicted molar refractivity (Wildman–Crippen MR) is 66.4 cm³/mol. The minimum absolute atomic E-state index is 0. The molecule has 0 bridgehead atoms. The summed E-state index contributed by atoms with van der Waals surface area (Å²) in [6.07, 6.45) is 0. The quantitative estimate of drug-likeness (QED) is 0.648. The summed E-state index contributed by atoms with van der Waals surface area (Å²) >= 11 is 0. The van der Waals surface area contributed by atoms with Gasteiger partial charge in [-0.3, -0.25) is 0 Å². The topological polar surface area (TPSA) is 138 Å². The molecule has 0 amide bonds. The minimum Gasteiger partial charge on any atom is -0.676 e. The smallest absolute Gasteiger partial charge is 0.676 e. The van der Waals surface area contributed by atoms with Gasteiger partial charge in [0, 0.05) is 10.8 Å². The van der Waals surface area contributed by atoms with Gasteiger partial charge in [0.2, 0.25) is 0 Å². The molecule has 0 spiro atoms. The molecule has 1 atom stereocenters. The summed E-state index contributed by atoms with van der Waals surface area (Å²) in [6.45, 7) is 4.61. The molecule has 0 heterocycles. The maximum absolute atomic E-state index is 9.62. The molecule has 0 radical (unpaired) electrons. The Labute approximate surface area is 113 Å². The molecule has 0 aromatic heterocycles. The number of hydrogen-bond acceptors (Lipinski definition) is 2. The van der Waals surface area contributed by atoms with Crippen molar-refractivity contribution in [1.29, 1.82) is 0 Å². The van der Waals surface area contributed by atoms with Crippen molar-refractivity contribution in [2.24, 2.45) is 0 Å². The van der Waals surface area contributed by atoms with Crippen LogP contribution >= 0.6 is 0 Å². The van der Waals surface area contributed by atoms with E-state index < -0.39 is 12.0 Å². The van der Waals surface area contributed by atoms with Crippen LogP contribution in [0.2, 0.25) is 0 Å². The van der Waals surface area contributed by atoms with Crippen molar-refractivity contribution in [3.8, 4) is 0 Å². The van der Waals surface area contributed by atoms with Crippen LogP contribution in [-0.2, 0) is 21.6 Å². The number of nitrogens with zero attached hydrogens (tertiary/aromatic N) is 1. The first kappa shape index (κ1) is 22.0. The monoisotopic (exact) mass is 291 g/mol. The van der Waals surface area contributed by atoms with Gasteiger partial charge in [0.1, 0.15) is 0 Å². The molecule has 0 aliphatic carbocycles. The van der Waals surface area contributed by atoms with Crippen LogP contribution in [0.4, 0.5) is 0 Å². The van der Waals surface area contributed by atoms with Gasteiger partial charge in [0.05, 0.1) is 0 Å². The fraction of sp³-hybridized carbons (Fsp3) is 0.889. The largest absolute Gasteiger partial charge is 3.00 e. The van der Waals surface area contributed by atoms with E-state index in [1.54, 1.807) is 0 Å². The number of rotatable bonds is 7. The third-order valence-corrected chi connectivity index (χ3v) is 1.68. The fourth-order valence-corrected chi connectivity index (χ4v) is 0.810. The Morgan fingerprint density at radius 3 is 1.47 bits per heavy atom. The summed E-state index contributed by atoms with van der Waals surface area (Å²) in [5, 5.41) is 6.21. The number of carbonyl (C=O) groups is 1. The molecule has 6 N–H and O–H groups in total. The average molecular weight is 291 g/mol. The number of hydrogen-bond donors (Lipinski definition) is 0. The fourth-order valence-electron chi connectivity index (χ4n) is 0.810. The Kier molecular flexibility index (Phi) is 20.4. The van der Waals surface area contributed by atoms with E-state index in [0.717, 1.165) is 0 Å².